The zero-order chi connectivity index (χ0) is 14.7. The van der Waals surface area contributed by atoms with Crippen molar-refractivity contribution in [2.45, 2.75) is 6.04 Å². The standard InChI is InChI=1S/C15H14BrN3OS/c1-20-8-12(10-5-3-2-4-6-10)19-15-14-11(17-9-18-15)7-13(16)21-14/h2-7,9,12H,8H2,1H3,(H,17,18,19)/t12-/m1/s1. The van der Waals surface area contributed by atoms with Crippen molar-refractivity contribution >= 4 is 43.3 Å². The largest absolute Gasteiger partial charge is 0.382 e. The van der Waals surface area contributed by atoms with Crippen LogP contribution in [0.4, 0.5) is 5.82 Å². The fourth-order valence-corrected chi connectivity index (χ4v) is 3.66. The van der Waals surface area contributed by atoms with Crippen LogP contribution in [0.3, 0.4) is 0 Å². The summed E-state index contributed by atoms with van der Waals surface area (Å²) in [7, 11) is 1.70. The molecule has 3 rings (SSSR count). The summed E-state index contributed by atoms with van der Waals surface area (Å²) >= 11 is 5.12. The number of fused-ring (bicyclic) bond motifs is 1. The molecule has 21 heavy (non-hydrogen) atoms. The summed E-state index contributed by atoms with van der Waals surface area (Å²) in [5, 5.41) is 3.47. The van der Waals surface area contributed by atoms with Crippen molar-refractivity contribution in [2.24, 2.45) is 0 Å². The highest BCUT2D eigenvalue weighted by Crippen LogP contribution is 2.33. The van der Waals surface area contributed by atoms with Crippen LogP contribution in [-0.4, -0.2) is 23.7 Å². The fourth-order valence-electron chi connectivity index (χ4n) is 2.17. The van der Waals surface area contributed by atoms with Gasteiger partial charge in [-0.3, -0.25) is 0 Å². The molecule has 4 nitrogen and oxygen atoms in total. The second-order valence-corrected chi connectivity index (χ2v) is 6.98. The Labute approximate surface area is 135 Å². The fraction of sp³-hybridized carbons (Fsp3) is 0.200. The highest BCUT2D eigenvalue weighted by molar-refractivity contribution is 9.11. The molecule has 0 fully saturated rings. The molecule has 2 aromatic heterocycles. The van der Waals surface area contributed by atoms with Crippen LogP contribution in [0.15, 0.2) is 46.5 Å². The molecule has 0 spiro atoms. The first-order chi connectivity index (χ1) is 10.3. The van der Waals surface area contributed by atoms with Gasteiger partial charge in [0.1, 0.15) is 12.1 Å². The lowest BCUT2D eigenvalue weighted by Gasteiger charge is -2.19. The second kappa shape index (κ2) is 6.51. The number of aromatic nitrogens is 2. The number of hydrogen-bond donors (Lipinski definition) is 1. The summed E-state index contributed by atoms with van der Waals surface area (Å²) in [6.07, 6.45) is 1.58. The Morgan fingerprint density at radius 3 is 2.86 bits per heavy atom. The molecule has 0 aliphatic carbocycles. The van der Waals surface area contributed by atoms with Crippen molar-refractivity contribution in [1.82, 2.24) is 9.97 Å². The number of nitrogens with zero attached hydrogens (tertiary/aromatic N) is 2. The number of halogens is 1. The molecule has 6 heteroatoms. The Balaban J connectivity index is 1.94. The molecule has 0 aliphatic rings. The molecule has 0 saturated carbocycles. The Morgan fingerprint density at radius 2 is 2.10 bits per heavy atom. The van der Waals surface area contributed by atoms with E-state index in [4.69, 9.17) is 4.74 Å². The van der Waals surface area contributed by atoms with Gasteiger partial charge >= 0.3 is 0 Å². The van der Waals surface area contributed by atoms with E-state index in [0.29, 0.717) is 6.61 Å². The Kier molecular flexibility index (Phi) is 4.48. The molecule has 0 unspecified atom stereocenters. The zero-order valence-electron chi connectivity index (χ0n) is 11.4. The Hall–Kier alpha value is -1.50. The van der Waals surface area contributed by atoms with Gasteiger partial charge in [-0.15, -0.1) is 11.3 Å². The van der Waals surface area contributed by atoms with Crippen molar-refractivity contribution in [3.63, 3.8) is 0 Å². The van der Waals surface area contributed by atoms with E-state index in [1.807, 2.05) is 24.3 Å². The SMILES string of the molecule is COC[C@@H](Nc1ncnc2cc(Br)sc12)c1ccccc1. The number of rotatable bonds is 5. The zero-order valence-corrected chi connectivity index (χ0v) is 13.8. The highest BCUT2D eigenvalue weighted by atomic mass is 79.9. The molecule has 0 aliphatic heterocycles. The van der Waals surface area contributed by atoms with Crippen LogP contribution >= 0.6 is 27.3 Å². The maximum absolute atomic E-state index is 5.34. The Morgan fingerprint density at radius 1 is 1.29 bits per heavy atom. The van der Waals surface area contributed by atoms with Gasteiger partial charge in [0, 0.05) is 7.11 Å². The number of ether oxygens (including phenoxy) is 1. The summed E-state index contributed by atoms with van der Waals surface area (Å²) in [5.74, 6) is 0.835. The van der Waals surface area contributed by atoms with E-state index in [1.54, 1.807) is 24.8 Å². The van der Waals surface area contributed by atoms with Crippen molar-refractivity contribution in [3.05, 3.63) is 52.1 Å². The van der Waals surface area contributed by atoms with Crippen molar-refractivity contribution in [2.75, 3.05) is 19.0 Å². The molecule has 108 valence electrons. The van der Waals surface area contributed by atoms with E-state index >= 15 is 0 Å². The van der Waals surface area contributed by atoms with Crippen molar-refractivity contribution in [1.29, 1.82) is 0 Å². The molecule has 0 radical (unpaired) electrons. The lowest BCUT2D eigenvalue weighted by Crippen LogP contribution is -2.17. The van der Waals surface area contributed by atoms with Gasteiger partial charge < -0.3 is 10.1 Å². The van der Waals surface area contributed by atoms with Gasteiger partial charge in [0.15, 0.2) is 0 Å². The lowest BCUT2D eigenvalue weighted by molar-refractivity contribution is 0.186. The average molecular weight is 364 g/mol. The predicted octanol–water partition coefficient (Wildman–Crippen LogP) is 4.25. The molecular weight excluding hydrogens is 350 g/mol. The smallest absolute Gasteiger partial charge is 0.148 e. The molecule has 0 saturated heterocycles. The van der Waals surface area contributed by atoms with Gasteiger partial charge in [0.25, 0.3) is 0 Å². The third-order valence-corrected chi connectivity index (χ3v) is 4.76. The van der Waals surface area contributed by atoms with E-state index < -0.39 is 0 Å². The van der Waals surface area contributed by atoms with E-state index in [0.717, 1.165) is 19.8 Å². The molecular formula is C15H14BrN3OS. The Bertz CT molecular complexity index is 732. The first-order valence-electron chi connectivity index (χ1n) is 6.48. The van der Waals surface area contributed by atoms with Gasteiger partial charge in [-0.1, -0.05) is 30.3 Å². The lowest BCUT2D eigenvalue weighted by atomic mass is 10.1. The number of thiophene rings is 1. The van der Waals surface area contributed by atoms with E-state index in [2.05, 4.69) is 43.3 Å². The van der Waals surface area contributed by atoms with Crippen LogP contribution in [0, 0.1) is 0 Å². The van der Waals surface area contributed by atoms with Gasteiger partial charge in [-0.25, -0.2) is 9.97 Å². The number of anilines is 1. The molecule has 1 aromatic carbocycles. The third-order valence-electron chi connectivity index (χ3n) is 3.13. The molecule has 3 aromatic rings. The number of nitrogens with one attached hydrogen (secondary N) is 1. The maximum Gasteiger partial charge on any atom is 0.148 e. The molecule has 0 bridgehead atoms. The first-order valence-corrected chi connectivity index (χ1v) is 8.09. The van der Waals surface area contributed by atoms with Gasteiger partial charge in [-0.05, 0) is 27.6 Å². The van der Waals surface area contributed by atoms with E-state index in [9.17, 15) is 0 Å². The molecule has 0 amide bonds. The average Bonchev–Trinajstić information content (AvgIpc) is 2.89. The summed E-state index contributed by atoms with van der Waals surface area (Å²) in [6, 6.07) is 12.3. The van der Waals surface area contributed by atoms with Crippen LogP contribution in [0.25, 0.3) is 10.2 Å². The topological polar surface area (TPSA) is 47.0 Å². The summed E-state index contributed by atoms with van der Waals surface area (Å²) in [6.45, 7) is 0.571. The second-order valence-electron chi connectivity index (χ2n) is 4.55. The normalized spacial score (nSPS) is 12.5. The van der Waals surface area contributed by atoms with Crippen molar-refractivity contribution < 1.29 is 4.74 Å². The van der Waals surface area contributed by atoms with Crippen LogP contribution in [-0.2, 0) is 4.74 Å². The monoisotopic (exact) mass is 363 g/mol. The van der Waals surface area contributed by atoms with Gasteiger partial charge in [0.05, 0.1) is 26.7 Å². The third kappa shape index (κ3) is 3.23. The van der Waals surface area contributed by atoms with Crippen LogP contribution in [0.1, 0.15) is 11.6 Å². The minimum absolute atomic E-state index is 0.0511. The highest BCUT2D eigenvalue weighted by Gasteiger charge is 2.15. The van der Waals surface area contributed by atoms with Crippen LogP contribution in [0.2, 0.25) is 0 Å². The van der Waals surface area contributed by atoms with Gasteiger partial charge in [-0.2, -0.15) is 0 Å². The van der Waals surface area contributed by atoms with E-state index in [-0.39, 0.29) is 6.04 Å². The van der Waals surface area contributed by atoms with Crippen molar-refractivity contribution in [3.8, 4) is 0 Å². The summed E-state index contributed by atoms with van der Waals surface area (Å²) in [4.78, 5) is 8.67. The minimum Gasteiger partial charge on any atom is -0.382 e. The predicted molar refractivity (Wildman–Crippen MR) is 89.8 cm³/mol. The maximum atomic E-state index is 5.34. The molecule has 1 N–H and O–H groups in total. The molecule has 2 heterocycles. The number of benzene rings is 1. The number of methoxy groups -OCH3 is 1. The number of hydrogen-bond acceptors (Lipinski definition) is 5. The minimum atomic E-state index is 0.0511. The van der Waals surface area contributed by atoms with Crippen LogP contribution < -0.4 is 5.32 Å². The first kappa shape index (κ1) is 14.4. The summed E-state index contributed by atoms with van der Waals surface area (Å²) in [5.41, 5.74) is 2.11. The summed E-state index contributed by atoms with van der Waals surface area (Å²) < 4.78 is 7.42. The van der Waals surface area contributed by atoms with E-state index in [1.165, 1.54) is 5.56 Å². The van der Waals surface area contributed by atoms with Gasteiger partial charge in [0.2, 0.25) is 0 Å². The molecule has 1 atom stereocenters. The quantitative estimate of drug-likeness (QED) is 0.735. The van der Waals surface area contributed by atoms with Crippen LogP contribution in [0.5, 0.6) is 0 Å².